The normalized spacial score (nSPS) is 12.3. The number of halogens is 6. The average Bonchev–Trinajstić information content (AvgIpc) is 3.21. The summed E-state index contributed by atoms with van der Waals surface area (Å²) in [5, 5.41) is 14.4. The van der Waals surface area contributed by atoms with Crippen molar-refractivity contribution in [1.29, 1.82) is 0 Å². The molecule has 3 aromatic rings. The molecule has 36 heavy (non-hydrogen) atoms. The molecule has 3 rings (SSSR count). The third kappa shape index (κ3) is 6.84. The number of hydrogen-bond donors (Lipinski definition) is 2. The molecule has 0 fully saturated rings. The van der Waals surface area contributed by atoms with Crippen molar-refractivity contribution in [2.75, 3.05) is 11.1 Å². The molecule has 7 nitrogen and oxygen atoms in total. The fourth-order valence-corrected chi connectivity index (χ4v) is 4.62. The number of carbonyl (C=O) groups is 2. The number of aromatic nitrogens is 3. The van der Waals surface area contributed by atoms with Crippen molar-refractivity contribution in [2.45, 2.75) is 37.8 Å². The molecule has 14 heteroatoms. The summed E-state index contributed by atoms with van der Waals surface area (Å²) in [5.41, 5.74) is -0.830. The van der Waals surface area contributed by atoms with Gasteiger partial charge >= 0.3 is 6.18 Å². The van der Waals surface area contributed by atoms with Crippen molar-refractivity contribution in [1.82, 2.24) is 20.1 Å². The van der Waals surface area contributed by atoms with Crippen LogP contribution < -0.4 is 10.6 Å². The van der Waals surface area contributed by atoms with Gasteiger partial charge in [0.1, 0.15) is 0 Å². The Morgan fingerprint density at radius 2 is 1.81 bits per heavy atom. The van der Waals surface area contributed by atoms with Gasteiger partial charge in [-0.1, -0.05) is 46.6 Å². The van der Waals surface area contributed by atoms with Gasteiger partial charge in [0.2, 0.25) is 5.91 Å². The number of rotatable bonds is 8. The number of benzene rings is 2. The van der Waals surface area contributed by atoms with Gasteiger partial charge in [-0.2, -0.15) is 13.2 Å². The summed E-state index contributed by atoms with van der Waals surface area (Å²) in [6.07, 6.45) is -4.57. The molecule has 1 atom stereocenters. The van der Waals surface area contributed by atoms with Crippen molar-refractivity contribution in [2.24, 2.45) is 0 Å². The molecule has 1 heterocycles. The van der Waals surface area contributed by atoms with E-state index in [2.05, 4.69) is 20.8 Å². The van der Waals surface area contributed by atoms with Gasteiger partial charge in [-0.05, 0) is 50.2 Å². The largest absolute Gasteiger partial charge is 0.416 e. The van der Waals surface area contributed by atoms with Crippen molar-refractivity contribution < 1.29 is 22.8 Å². The fraction of sp³-hybridized carbons (Fsp3) is 0.273. The monoisotopic (exact) mass is 579 g/mol. The smallest absolute Gasteiger partial charge is 0.342 e. The first kappa shape index (κ1) is 28.1. The highest BCUT2D eigenvalue weighted by molar-refractivity contribution is 7.99. The minimum Gasteiger partial charge on any atom is -0.342 e. The van der Waals surface area contributed by atoms with Crippen LogP contribution in [0.25, 0.3) is 0 Å². The maximum absolute atomic E-state index is 13.0. The lowest BCUT2D eigenvalue weighted by atomic mass is 10.2. The number of hydrogen-bond acceptors (Lipinski definition) is 5. The number of nitrogens with zero attached hydrogens (tertiary/aromatic N) is 3. The Morgan fingerprint density at radius 1 is 1.08 bits per heavy atom. The zero-order valence-corrected chi connectivity index (χ0v) is 21.9. The molecule has 0 aliphatic heterocycles. The summed E-state index contributed by atoms with van der Waals surface area (Å²) < 4.78 is 40.6. The van der Waals surface area contributed by atoms with E-state index < -0.39 is 29.6 Å². The SMILES string of the molecule is CCn1c(SCC(=O)Nc2cc(C(F)(F)F)ccc2Cl)nnc1[C@H](C)NC(=O)c1ccc(Cl)cc1Cl. The quantitative estimate of drug-likeness (QED) is 0.297. The average molecular weight is 581 g/mol. The Kier molecular flexibility index (Phi) is 9.15. The molecule has 0 aliphatic carbocycles. The van der Waals surface area contributed by atoms with Crippen molar-refractivity contribution >= 4 is 64.1 Å². The van der Waals surface area contributed by atoms with E-state index in [0.29, 0.717) is 22.5 Å². The van der Waals surface area contributed by atoms with Crippen LogP contribution in [0.15, 0.2) is 41.6 Å². The highest BCUT2D eigenvalue weighted by Gasteiger charge is 2.31. The van der Waals surface area contributed by atoms with E-state index in [1.807, 2.05) is 6.92 Å². The number of thioether (sulfide) groups is 1. The lowest BCUT2D eigenvalue weighted by Crippen LogP contribution is -2.29. The summed E-state index contributed by atoms with van der Waals surface area (Å²) in [5.74, 6) is -0.723. The van der Waals surface area contributed by atoms with Crippen LogP contribution in [0.2, 0.25) is 15.1 Å². The molecule has 192 valence electrons. The predicted molar refractivity (Wildman–Crippen MR) is 134 cm³/mol. The minimum atomic E-state index is -4.57. The van der Waals surface area contributed by atoms with Crippen molar-refractivity contribution in [3.63, 3.8) is 0 Å². The summed E-state index contributed by atoms with van der Waals surface area (Å²) in [7, 11) is 0. The molecule has 0 bridgehead atoms. The summed E-state index contributed by atoms with van der Waals surface area (Å²) >= 11 is 18.9. The van der Waals surface area contributed by atoms with E-state index in [0.717, 1.165) is 30.0 Å². The zero-order valence-electron chi connectivity index (χ0n) is 18.8. The van der Waals surface area contributed by atoms with Crippen molar-refractivity contribution in [3.05, 3.63) is 68.4 Å². The van der Waals surface area contributed by atoms with E-state index in [1.165, 1.54) is 12.1 Å². The van der Waals surface area contributed by atoms with Gasteiger partial charge in [-0.15, -0.1) is 10.2 Å². The molecule has 1 aromatic heterocycles. The van der Waals surface area contributed by atoms with Gasteiger partial charge in [0.15, 0.2) is 11.0 Å². The lowest BCUT2D eigenvalue weighted by Gasteiger charge is -2.16. The predicted octanol–water partition coefficient (Wildman–Crippen LogP) is 6.50. The Morgan fingerprint density at radius 3 is 2.44 bits per heavy atom. The van der Waals surface area contributed by atoms with Crippen LogP contribution in [0.4, 0.5) is 18.9 Å². The van der Waals surface area contributed by atoms with Crippen molar-refractivity contribution in [3.8, 4) is 0 Å². The number of nitrogens with one attached hydrogen (secondary N) is 2. The number of alkyl halides is 3. The second-order valence-electron chi connectivity index (χ2n) is 7.43. The summed E-state index contributed by atoms with van der Waals surface area (Å²) in [6, 6.07) is 6.64. The molecule has 2 N–H and O–H groups in total. The van der Waals surface area contributed by atoms with Crippen LogP contribution in [-0.2, 0) is 17.5 Å². The first-order chi connectivity index (χ1) is 16.9. The lowest BCUT2D eigenvalue weighted by molar-refractivity contribution is -0.137. The zero-order chi connectivity index (χ0) is 26.6. The second-order valence-corrected chi connectivity index (χ2v) is 9.63. The van der Waals surface area contributed by atoms with Crippen LogP contribution >= 0.6 is 46.6 Å². The van der Waals surface area contributed by atoms with E-state index in [9.17, 15) is 22.8 Å². The first-order valence-corrected chi connectivity index (χ1v) is 12.5. The van der Waals surface area contributed by atoms with E-state index in [-0.39, 0.29) is 27.0 Å². The molecule has 0 aliphatic rings. The Labute approximate surface area is 223 Å². The summed E-state index contributed by atoms with van der Waals surface area (Å²) in [6.45, 7) is 3.99. The fourth-order valence-electron chi connectivity index (χ4n) is 3.15. The Hall–Kier alpha value is -2.47. The van der Waals surface area contributed by atoms with E-state index in [1.54, 1.807) is 17.6 Å². The molecule has 0 radical (unpaired) electrons. The molecule has 0 unspecified atom stereocenters. The van der Waals surface area contributed by atoms with Crippen LogP contribution in [-0.4, -0.2) is 32.3 Å². The van der Waals surface area contributed by atoms with E-state index in [4.69, 9.17) is 34.8 Å². The highest BCUT2D eigenvalue weighted by atomic mass is 35.5. The van der Waals surface area contributed by atoms with Crippen LogP contribution in [0, 0.1) is 0 Å². The number of anilines is 1. The Bertz CT molecular complexity index is 1290. The maximum Gasteiger partial charge on any atom is 0.416 e. The highest BCUT2D eigenvalue weighted by Crippen LogP contribution is 2.34. The van der Waals surface area contributed by atoms with E-state index >= 15 is 0 Å². The number of amides is 2. The topological polar surface area (TPSA) is 88.9 Å². The molecular weight excluding hydrogens is 562 g/mol. The van der Waals surface area contributed by atoms with Gasteiger partial charge in [-0.25, -0.2) is 0 Å². The molecule has 2 amide bonds. The Balaban J connectivity index is 1.66. The maximum atomic E-state index is 13.0. The second kappa shape index (κ2) is 11.7. The molecular formula is C22H19Cl3F3N5O2S. The van der Waals surface area contributed by atoms with Gasteiger partial charge < -0.3 is 15.2 Å². The molecule has 0 saturated carbocycles. The van der Waals surface area contributed by atoms with Gasteiger partial charge in [-0.3, -0.25) is 9.59 Å². The molecule has 0 spiro atoms. The molecule has 2 aromatic carbocycles. The minimum absolute atomic E-state index is 0.0225. The van der Waals surface area contributed by atoms with Crippen LogP contribution in [0.3, 0.4) is 0 Å². The van der Waals surface area contributed by atoms with Crippen LogP contribution in [0.1, 0.15) is 41.6 Å². The standard InChI is InChI=1S/C22H19Cl3F3N5O2S/c1-3-33-19(11(2)29-20(35)14-6-5-13(23)9-16(14)25)31-32-21(33)36-10-18(34)30-17-8-12(22(26,27)28)4-7-15(17)24/h4-9,11H,3,10H2,1-2H3,(H,29,35)(H,30,34)/t11-/m0/s1. The van der Waals surface area contributed by atoms with Gasteiger partial charge in [0.05, 0.1) is 38.7 Å². The molecule has 0 saturated heterocycles. The van der Waals surface area contributed by atoms with Gasteiger partial charge in [0.25, 0.3) is 5.91 Å². The number of carbonyl (C=O) groups excluding carboxylic acids is 2. The van der Waals surface area contributed by atoms with Gasteiger partial charge in [0, 0.05) is 11.6 Å². The van der Waals surface area contributed by atoms with Crippen LogP contribution in [0.5, 0.6) is 0 Å². The third-order valence-electron chi connectivity index (χ3n) is 4.87. The third-order valence-corrected chi connectivity index (χ3v) is 6.72. The first-order valence-electron chi connectivity index (χ1n) is 10.4. The summed E-state index contributed by atoms with van der Waals surface area (Å²) in [4.78, 5) is 25.0.